The number of nitrogens with zero attached hydrogens (tertiary/aromatic N) is 1. The number of rotatable bonds is 2. The highest BCUT2D eigenvalue weighted by molar-refractivity contribution is 8.00. The predicted molar refractivity (Wildman–Crippen MR) is 41.5 cm³/mol. The third kappa shape index (κ3) is 2.36. The molecule has 1 heterocycles. The Labute approximate surface area is 67.6 Å². The van der Waals surface area contributed by atoms with Gasteiger partial charge in [0.25, 0.3) is 0 Å². The van der Waals surface area contributed by atoms with Crippen molar-refractivity contribution in [3.8, 4) is 0 Å². The van der Waals surface area contributed by atoms with Gasteiger partial charge in [-0.15, -0.1) is 0 Å². The molecule has 11 heavy (non-hydrogen) atoms. The maximum atomic E-state index is 10.9. The van der Waals surface area contributed by atoms with Crippen molar-refractivity contribution in [2.75, 3.05) is 32.0 Å². The zero-order valence-corrected chi connectivity index (χ0v) is 6.97. The summed E-state index contributed by atoms with van der Waals surface area (Å²) in [6.45, 7) is 1.44. The Hall–Kier alpha value is -0.260. The van der Waals surface area contributed by atoms with Crippen molar-refractivity contribution in [1.82, 2.24) is 4.90 Å². The Bertz CT molecular complexity index is 183. The van der Waals surface area contributed by atoms with Crippen LogP contribution in [0.3, 0.4) is 0 Å². The lowest BCUT2D eigenvalue weighted by Crippen LogP contribution is -2.42. The molecular formula is C6H11NO3S. The number of aliphatic hydroxyl groups excluding tert-OH is 1. The van der Waals surface area contributed by atoms with Gasteiger partial charge in [0.15, 0.2) is 0 Å². The third-order valence-corrected chi connectivity index (χ3v) is 2.81. The van der Waals surface area contributed by atoms with Gasteiger partial charge in [0.2, 0.25) is 5.12 Å². The highest BCUT2D eigenvalue weighted by Gasteiger charge is 2.22. The van der Waals surface area contributed by atoms with Crippen LogP contribution in [-0.2, 0) is 15.6 Å². The lowest BCUT2D eigenvalue weighted by Gasteiger charge is -2.23. The molecule has 1 rings (SSSR count). The predicted octanol–water partition coefficient (Wildman–Crippen LogP) is -1.43. The van der Waals surface area contributed by atoms with E-state index in [9.17, 15) is 9.00 Å². The Kier molecular flexibility index (Phi) is 3.16. The molecule has 0 amide bonds. The largest absolute Gasteiger partial charge is 0.395 e. The quantitative estimate of drug-likeness (QED) is 0.562. The van der Waals surface area contributed by atoms with Crippen molar-refractivity contribution in [3.63, 3.8) is 0 Å². The molecule has 1 saturated heterocycles. The second-order valence-electron chi connectivity index (χ2n) is 2.42. The first-order chi connectivity index (χ1) is 5.24. The van der Waals surface area contributed by atoms with Crippen LogP contribution in [-0.4, -0.2) is 51.3 Å². The van der Waals surface area contributed by atoms with Crippen LogP contribution in [0.4, 0.5) is 0 Å². The van der Waals surface area contributed by atoms with Crippen LogP contribution < -0.4 is 0 Å². The van der Waals surface area contributed by atoms with E-state index in [0.717, 1.165) is 0 Å². The van der Waals surface area contributed by atoms with E-state index >= 15 is 0 Å². The Morgan fingerprint density at radius 1 is 1.64 bits per heavy atom. The van der Waals surface area contributed by atoms with Crippen molar-refractivity contribution < 1.29 is 14.1 Å². The fourth-order valence-electron chi connectivity index (χ4n) is 0.992. The van der Waals surface area contributed by atoms with Crippen LogP contribution in [0.15, 0.2) is 0 Å². The number of carbonyl (C=O) groups is 1. The van der Waals surface area contributed by atoms with E-state index < -0.39 is 10.8 Å². The van der Waals surface area contributed by atoms with Gasteiger partial charge in [-0.05, 0) is 0 Å². The molecule has 0 aliphatic carbocycles. The molecular weight excluding hydrogens is 166 g/mol. The van der Waals surface area contributed by atoms with Gasteiger partial charge in [-0.2, -0.15) is 0 Å². The van der Waals surface area contributed by atoms with Crippen molar-refractivity contribution in [1.29, 1.82) is 0 Å². The van der Waals surface area contributed by atoms with E-state index in [0.29, 0.717) is 18.8 Å². The minimum Gasteiger partial charge on any atom is -0.395 e. The van der Waals surface area contributed by atoms with Crippen LogP contribution in [0.5, 0.6) is 0 Å². The highest BCUT2D eigenvalue weighted by Crippen LogP contribution is 2.00. The molecule has 0 spiro atoms. The first kappa shape index (κ1) is 8.83. The van der Waals surface area contributed by atoms with Gasteiger partial charge >= 0.3 is 0 Å². The molecule has 0 bridgehead atoms. The second-order valence-corrected chi connectivity index (χ2v) is 3.98. The summed E-state index contributed by atoms with van der Waals surface area (Å²) in [7, 11) is -1.27. The first-order valence-corrected chi connectivity index (χ1v) is 4.80. The van der Waals surface area contributed by atoms with Gasteiger partial charge in [0.1, 0.15) is 0 Å². The monoisotopic (exact) mass is 177 g/mol. The van der Waals surface area contributed by atoms with Crippen molar-refractivity contribution >= 4 is 15.9 Å². The molecule has 5 heteroatoms. The standard InChI is InChI=1S/C6H11NO3S/c8-3-1-7-2-4-11(10)6(9)5-7/h8H,1-5H2. The number of hydrogen-bond donors (Lipinski definition) is 1. The van der Waals surface area contributed by atoms with E-state index in [2.05, 4.69) is 0 Å². The molecule has 1 N–H and O–H groups in total. The van der Waals surface area contributed by atoms with Gasteiger partial charge < -0.3 is 5.11 Å². The number of aliphatic hydroxyl groups is 1. The first-order valence-electron chi connectivity index (χ1n) is 3.48. The summed E-state index contributed by atoms with van der Waals surface area (Å²) in [6.07, 6.45) is 0. The van der Waals surface area contributed by atoms with E-state index in [1.165, 1.54) is 0 Å². The number of β-amino-alcohol motifs (C(OH)–C–C–N with tert-alkyl or cyclic N) is 1. The zero-order chi connectivity index (χ0) is 8.27. The second kappa shape index (κ2) is 3.94. The van der Waals surface area contributed by atoms with E-state index in [1.54, 1.807) is 0 Å². The Balaban J connectivity index is 2.40. The molecule has 4 nitrogen and oxygen atoms in total. The van der Waals surface area contributed by atoms with E-state index in [1.807, 2.05) is 4.90 Å². The molecule has 0 aromatic heterocycles. The maximum Gasteiger partial charge on any atom is 0.232 e. The normalized spacial score (nSPS) is 27.4. The molecule has 1 aliphatic rings. The topological polar surface area (TPSA) is 57.6 Å². The Morgan fingerprint density at radius 3 is 2.91 bits per heavy atom. The fraction of sp³-hybridized carbons (Fsp3) is 0.833. The third-order valence-electron chi connectivity index (χ3n) is 1.62. The summed E-state index contributed by atoms with van der Waals surface area (Å²) in [5, 5.41) is 8.32. The van der Waals surface area contributed by atoms with Crippen molar-refractivity contribution in [3.05, 3.63) is 0 Å². The molecule has 64 valence electrons. The minimum atomic E-state index is -1.27. The number of carbonyl (C=O) groups excluding carboxylic acids is 1. The van der Waals surface area contributed by atoms with Gasteiger partial charge in [-0.1, -0.05) is 0 Å². The molecule has 1 fully saturated rings. The molecule has 0 aromatic rings. The maximum absolute atomic E-state index is 10.9. The summed E-state index contributed by atoms with van der Waals surface area (Å²) in [6, 6.07) is 0. The Morgan fingerprint density at radius 2 is 2.36 bits per heavy atom. The van der Waals surface area contributed by atoms with E-state index in [-0.39, 0.29) is 18.3 Å². The average Bonchev–Trinajstić information content (AvgIpc) is 1.98. The lowest BCUT2D eigenvalue weighted by atomic mass is 10.5. The van der Waals surface area contributed by atoms with Crippen molar-refractivity contribution in [2.45, 2.75) is 0 Å². The van der Waals surface area contributed by atoms with Gasteiger partial charge in [-0.25, -0.2) is 0 Å². The zero-order valence-electron chi connectivity index (χ0n) is 6.15. The smallest absolute Gasteiger partial charge is 0.232 e. The van der Waals surface area contributed by atoms with Crippen molar-refractivity contribution in [2.24, 2.45) is 0 Å². The van der Waals surface area contributed by atoms with Crippen LogP contribution in [0, 0.1) is 0 Å². The van der Waals surface area contributed by atoms with Crippen LogP contribution in [0.25, 0.3) is 0 Å². The van der Waals surface area contributed by atoms with Crippen LogP contribution in [0.2, 0.25) is 0 Å². The summed E-state index contributed by atoms with van der Waals surface area (Å²) in [5.41, 5.74) is 0. The van der Waals surface area contributed by atoms with Gasteiger partial charge in [0.05, 0.1) is 24.0 Å². The lowest BCUT2D eigenvalue weighted by molar-refractivity contribution is -0.112. The summed E-state index contributed by atoms with van der Waals surface area (Å²) >= 11 is 0. The van der Waals surface area contributed by atoms with Gasteiger partial charge in [0, 0.05) is 18.8 Å². The molecule has 0 aromatic carbocycles. The number of hydrogen-bond acceptors (Lipinski definition) is 4. The minimum absolute atomic E-state index is 0.0555. The molecule has 1 aliphatic heterocycles. The van der Waals surface area contributed by atoms with Crippen LogP contribution >= 0.6 is 0 Å². The summed E-state index contributed by atoms with van der Waals surface area (Å²) < 4.78 is 10.8. The average molecular weight is 177 g/mol. The molecule has 0 saturated carbocycles. The highest BCUT2D eigenvalue weighted by atomic mass is 32.2. The van der Waals surface area contributed by atoms with Gasteiger partial charge in [-0.3, -0.25) is 13.9 Å². The van der Waals surface area contributed by atoms with E-state index in [4.69, 9.17) is 5.11 Å². The van der Waals surface area contributed by atoms with Crippen LogP contribution in [0.1, 0.15) is 0 Å². The molecule has 1 unspecified atom stereocenters. The SMILES string of the molecule is O=C1CN(CCO)CCS1=O. The fourth-order valence-corrected chi connectivity index (χ4v) is 1.97. The molecule has 0 radical (unpaired) electrons. The molecule has 1 atom stereocenters. The summed E-state index contributed by atoms with van der Waals surface area (Å²) in [4.78, 5) is 12.7. The summed E-state index contributed by atoms with van der Waals surface area (Å²) in [5.74, 6) is 0.416.